The van der Waals surface area contributed by atoms with Gasteiger partial charge >= 0.3 is 0 Å². The summed E-state index contributed by atoms with van der Waals surface area (Å²) in [7, 11) is 0. The molecule has 3 rings (SSSR count). The van der Waals surface area contributed by atoms with E-state index in [1.807, 2.05) is 6.92 Å². The van der Waals surface area contributed by atoms with Gasteiger partial charge in [-0.15, -0.1) is 0 Å². The summed E-state index contributed by atoms with van der Waals surface area (Å²) in [5.41, 5.74) is 1.30. The fourth-order valence-corrected chi connectivity index (χ4v) is 3.07. The molecule has 5 heteroatoms. The third kappa shape index (κ3) is 3.43. The first-order valence-electron chi connectivity index (χ1n) is 8.44. The summed E-state index contributed by atoms with van der Waals surface area (Å²) < 4.78 is 68.6. The predicted octanol–water partition coefficient (Wildman–Crippen LogP) is 6.27. The Bertz CT molecular complexity index is 963. The first-order valence-corrected chi connectivity index (χ1v) is 8.44. The van der Waals surface area contributed by atoms with Crippen LogP contribution in [0.4, 0.5) is 22.0 Å². The van der Waals surface area contributed by atoms with Crippen LogP contribution in [-0.2, 0) is 19.3 Å². The molecule has 3 aromatic rings. The van der Waals surface area contributed by atoms with Crippen LogP contribution in [0.1, 0.15) is 30.0 Å². The zero-order valence-corrected chi connectivity index (χ0v) is 14.2. The summed E-state index contributed by atoms with van der Waals surface area (Å²) in [6.07, 6.45) is 1.80. The molecule has 3 aromatic carbocycles. The van der Waals surface area contributed by atoms with E-state index >= 15 is 0 Å². The van der Waals surface area contributed by atoms with Crippen molar-refractivity contribution in [3.05, 3.63) is 82.2 Å². The lowest BCUT2D eigenvalue weighted by Gasteiger charge is -2.09. The summed E-state index contributed by atoms with van der Waals surface area (Å²) in [4.78, 5) is 0. The highest BCUT2D eigenvalue weighted by molar-refractivity contribution is 5.84. The molecule has 0 atom stereocenters. The number of fused-ring (bicyclic) bond motifs is 1. The maximum Gasteiger partial charge on any atom is 0.195 e. The fraction of sp³-hybridized carbons (Fsp3) is 0.238. The molecule has 0 unspecified atom stereocenters. The Morgan fingerprint density at radius 2 is 1.31 bits per heavy atom. The Kier molecular flexibility index (Phi) is 5.25. The van der Waals surface area contributed by atoms with Crippen molar-refractivity contribution >= 4 is 10.8 Å². The van der Waals surface area contributed by atoms with E-state index in [4.69, 9.17) is 0 Å². The second kappa shape index (κ2) is 7.44. The summed E-state index contributed by atoms with van der Waals surface area (Å²) in [5, 5.41) is 0.206. The number of halogens is 5. The Morgan fingerprint density at radius 3 is 1.96 bits per heavy atom. The Labute approximate surface area is 148 Å². The van der Waals surface area contributed by atoms with Gasteiger partial charge < -0.3 is 0 Å². The first kappa shape index (κ1) is 18.4. The summed E-state index contributed by atoms with van der Waals surface area (Å²) in [5.74, 6) is -5.66. The standard InChI is InChI=1S/C21H17F5/c1-2-3-13-7-8-14(19(24)18(13)23)6-4-12-5-9-16-15(10-12)11-17(22)21(26)20(16)25/h5,7-11H,2-4,6H2,1H3. The minimum Gasteiger partial charge on any atom is -0.204 e. The highest BCUT2D eigenvalue weighted by Gasteiger charge is 2.15. The molecule has 0 spiro atoms. The molecule has 0 N–H and O–H groups in total. The fourth-order valence-electron chi connectivity index (χ4n) is 3.07. The highest BCUT2D eigenvalue weighted by atomic mass is 19.2. The van der Waals surface area contributed by atoms with Crippen LogP contribution in [-0.4, -0.2) is 0 Å². The first-order chi connectivity index (χ1) is 12.4. The van der Waals surface area contributed by atoms with E-state index in [2.05, 4.69) is 0 Å². The van der Waals surface area contributed by atoms with Gasteiger partial charge in [-0.3, -0.25) is 0 Å². The van der Waals surface area contributed by atoms with Crippen LogP contribution in [0, 0.1) is 29.1 Å². The molecule has 0 aliphatic heterocycles. The van der Waals surface area contributed by atoms with Gasteiger partial charge in [-0.1, -0.05) is 43.7 Å². The molecule has 26 heavy (non-hydrogen) atoms. The molecule has 0 fully saturated rings. The van der Waals surface area contributed by atoms with Crippen LogP contribution in [0.2, 0.25) is 0 Å². The van der Waals surface area contributed by atoms with Crippen LogP contribution in [0.25, 0.3) is 10.8 Å². The van der Waals surface area contributed by atoms with Gasteiger partial charge in [-0.05, 0) is 47.4 Å². The van der Waals surface area contributed by atoms with Crippen molar-refractivity contribution in [3.63, 3.8) is 0 Å². The van der Waals surface area contributed by atoms with Gasteiger partial charge in [-0.25, -0.2) is 22.0 Å². The number of hydrogen-bond donors (Lipinski definition) is 0. The Hall–Kier alpha value is -2.43. The van der Waals surface area contributed by atoms with Gasteiger partial charge in [0.1, 0.15) is 0 Å². The van der Waals surface area contributed by atoms with E-state index in [9.17, 15) is 22.0 Å². The van der Waals surface area contributed by atoms with Gasteiger partial charge in [-0.2, -0.15) is 0 Å². The lowest BCUT2D eigenvalue weighted by Crippen LogP contribution is -2.01. The molecule has 0 heterocycles. The van der Waals surface area contributed by atoms with E-state index in [1.165, 1.54) is 12.1 Å². The van der Waals surface area contributed by atoms with Crippen LogP contribution in [0.15, 0.2) is 36.4 Å². The summed E-state index contributed by atoms with van der Waals surface area (Å²) in [6, 6.07) is 8.55. The third-order valence-electron chi connectivity index (χ3n) is 4.48. The number of rotatable bonds is 5. The second-order valence-electron chi connectivity index (χ2n) is 6.30. The minimum absolute atomic E-state index is 0.0196. The predicted molar refractivity (Wildman–Crippen MR) is 91.6 cm³/mol. The zero-order chi connectivity index (χ0) is 18.8. The van der Waals surface area contributed by atoms with Gasteiger partial charge in [0.05, 0.1) is 0 Å². The number of benzene rings is 3. The van der Waals surface area contributed by atoms with Crippen molar-refractivity contribution in [1.82, 2.24) is 0 Å². The molecule has 0 aliphatic carbocycles. The maximum atomic E-state index is 14.2. The monoisotopic (exact) mass is 364 g/mol. The van der Waals surface area contributed by atoms with Crippen molar-refractivity contribution < 1.29 is 22.0 Å². The molecular weight excluding hydrogens is 347 g/mol. The van der Waals surface area contributed by atoms with Crippen molar-refractivity contribution in [2.24, 2.45) is 0 Å². The van der Waals surface area contributed by atoms with Gasteiger partial charge in [0.15, 0.2) is 29.1 Å². The highest BCUT2D eigenvalue weighted by Crippen LogP contribution is 2.25. The molecule has 0 nitrogen and oxygen atoms in total. The number of hydrogen-bond acceptors (Lipinski definition) is 0. The van der Waals surface area contributed by atoms with Crippen molar-refractivity contribution in [3.8, 4) is 0 Å². The normalized spacial score (nSPS) is 11.3. The summed E-state index contributed by atoms with van der Waals surface area (Å²) in [6.45, 7) is 1.89. The van der Waals surface area contributed by atoms with E-state index in [1.54, 1.807) is 18.2 Å². The molecular formula is C21H17F5. The second-order valence-corrected chi connectivity index (χ2v) is 6.30. The SMILES string of the molecule is CCCc1ccc(CCc2ccc3c(F)c(F)c(F)cc3c2)c(F)c1F. The van der Waals surface area contributed by atoms with Gasteiger partial charge in [0.25, 0.3) is 0 Å². The maximum absolute atomic E-state index is 14.2. The van der Waals surface area contributed by atoms with Crippen molar-refractivity contribution in [2.45, 2.75) is 32.6 Å². The van der Waals surface area contributed by atoms with E-state index < -0.39 is 29.1 Å². The molecule has 0 aliphatic rings. The Morgan fingerprint density at radius 1 is 0.654 bits per heavy atom. The molecule has 0 amide bonds. The largest absolute Gasteiger partial charge is 0.204 e. The van der Waals surface area contributed by atoms with E-state index in [0.29, 0.717) is 24.0 Å². The molecule has 136 valence electrons. The number of aryl methyl sites for hydroxylation is 3. The van der Waals surface area contributed by atoms with Crippen LogP contribution in [0.3, 0.4) is 0 Å². The molecule has 0 radical (unpaired) electrons. The third-order valence-corrected chi connectivity index (χ3v) is 4.48. The van der Waals surface area contributed by atoms with Gasteiger partial charge in [0, 0.05) is 5.39 Å². The van der Waals surface area contributed by atoms with E-state index in [0.717, 1.165) is 12.5 Å². The van der Waals surface area contributed by atoms with Crippen LogP contribution >= 0.6 is 0 Å². The lowest BCUT2D eigenvalue weighted by molar-refractivity contribution is 0.453. The zero-order valence-electron chi connectivity index (χ0n) is 14.2. The van der Waals surface area contributed by atoms with Crippen LogP contribution < -0.4 is 0 Å². The van der Waals surface area contributed by atoms with E-state index in [-0.39, 0.29) is 22.8 Å². The van der Waals surface area contributed by atoms with Gasteiger partial charge in [0.2, 0.25) is 0 Å². The van der Waals surface area contributed by atoms with Crippen molar-refractivity contribution in [2.75, 3.05) is 0 Å². The topological polar surface area (TPSA) is 0 Å². The average molecular weight is 364 g/mol. The molecule has 0 aromatic heterocycles. The van der Waals surface area contributed by atoms with Crippen molar-refractivity contribution in [1.29, 1.82) is 0 Å². The molecule has 0 saturated carbocycles. The Balaban J connectivity index is 1.84. The minimum atomic E-state index is -1.50. The molecule has 0 saturated heterocycles. The smallest absolute Gasteiger partial charge is 0.195 e. The quantitative estimate of drug-likeness (QED) is 0.370. The van der Waals surface area contributed by atoms with Crippen LogP contribution in [0.5, 0.6) is 0 Å². The summed E-state index contributed by atoms with van der Waals surface area (Å²) >= 11 is 0. The average Bonchev–Trinajstić information content (AvgIpc) is 2.63. The lowest BCUT2D eigenvalue weighted by atomic mass is 9.98. The molecule has 0 bridgehead atoms.